The second kappa shape index (κ2) is 10.6. The third-order valence-corrected chi connectivity index (χ3v) is 4.99. The minimum absolute atomic E-state index is 0.0379. The van der Waals surface area contributed by atoms with Crippen molar-refractivity contribution in [3.05, 3.63) is 89.3 Å². The quantitative estimate of drug-likeness (QED) is 0.280. The highest BCUT2D eigenvalue weighted by atomic mass is 19.1. The zero-order valence-electron chi connectivity index (χ0n) is 18.9. The van der Waals surface area contributed by atoms with Gasteiger partial charge in [0.1, 0.15) is 23.0 Å². The normalized spacial score (nSPS) is 14.1. The number of carbonyl (C=O) groups excluding carboxylic acids is 4. The van der Waals surface area contributed by atoms with Crippen molar-refractivity contribution in [1.82, 2.24) is 10.2 Å². The van der Waals surface area contributed by atoms with Gasteiger partial charge in [0.15, 0.2) is 6.61 Å². The lowest BCUT2D eigenvalue weighted by atomic mass is 10.2. The highest BCUT2D eigenvalue weighted by molar-refractivity contribution is 6.13. The van der Waals surface area contributed by atoms with E-state index in [4.69, 9.17) is 9.15 Å². The fourth-order valence-electron chi connectivity index (χ4n) is 3.28. The number of imide groups is 1. The number of methoxy groups -OCH3 is 1. The number of urea groups is 1. The van der Waals surface area contributed by atoms with Crippen LogP contribution in [0.15, 0.2) is 70.8 Å². The number of nitrogens with one attached hydrogen (secondary N) is 2. The summed E-state index contributed by atoms with van der Waals surface area (Å²) in [6, 6.07) is 14.2. The smallest absolute Gasteiger partial charge is 0.373 e. The molecule has 2 heterocycles. The van der Waals surface area contributed by atoms with Gasteiger partial charge in [-0.25, -0.2) is 14.0 Å². The second-order valence-corrected chi connectivity index (χ2v) is 7.55. The molecule has 0 radical (unpaired) electrons. The van der Waals surface area contributed by atoms with Crippen LogP contribution in [0.25, 0.3) is 6.08 Å². The van der Waals surface area contributed by atoms with E-state index in [2.05, 4.69) is 15.4 Å². The van der Waals surface area contributed by atoms with Crippen LogP contribution in [-0.4, -0.2) is 42.4 Å². The van der Waals surface area contributed by atoms with Crippen LogP contribution in [-0.2, 0) is 20.9 Å². The van der Waals surface area contributed by atoms with Crippen LogP contribution in [0.2, 0.25) is 0 Å². The highest BCUT2D eigenvalue weighted by Crippen LogP contribution is 2.20. The Morgan fingerprint density at radius 3 is 2.61 bits per heavy atom. The van der Waals surface area contributed by atoms with Crippen molar-refractivity contribution in [3.63, 3.8) is 0 Å². The number of carbonyl (C=O) groups is 4. The Morgan fingerprint density at radius 1 is 1.11 bits per heavy atom. The maximum absolute atomic E-state index is 13.2. The number of rotatable bonds is 8. The molecule has 1 aromatic heterocycles. The first-order valence-electron chi connectivity index (χ1n) is 10.6. The first kappa shape index (κ1) is 24.2. The van der Waals surface area contributed by atoms with Crippen molar-refractivity contribution < 1.29 is 37.5 Å². The minimum atomic E-state index is -0.668. The van der Waals surface area contributed by atoms with Crippen molar-refractivity contribution >= 4 is 35.6 Å². The van der Waals surface area contributed by atoms with E-state index in [9.17, 15) is 23.6 Å². The molecule has 10 nitrogen and oxygen atoms in total. The molecule has 36 heavy (non-hydrogen) atoms. The maximum Gasteiger partial charge on any atom is 0.373 e. The summed E-state index contributed by atoms with van der Waals surface area (Å²) >= 11 is 0. The Morgan fingerprint density at radius 2 is 1.89 bits per heavy atom. The summed E-state index contributed by atoms with van der Waals surface area (Å²) < 4.78 is 28.5. The van der Waals surface area contributed by atoms with Gasteiger partial charge in [-0.05, 0) is 54.1 Å². The second-order valence-electron chi connectivity index (χ2n) is 7.55. The SMILES string of the molecule is COC(=O)c1ccc(CN2C(=O)N/C(=C\c3ccc(OCC(=O)Nc4cccc(F)c4)cc3)C2=O)o1. The Bertz CT molecular complexity index is 1350. The van der Waals surface area contributed by atoms with Gasteiger partial charge in [0.05, 0.1) is 13.7 Å². The number of nitrogens with zero attached hydrogens (tertiary/aromatic N) is 1. The molecule has 1 aliphatic rings. The molecule has 4 rings (SSSR count). The van der Waals surface area contributed by atoms with E-state index in [1.54, 1.807) is 30.3 Å². The number of benzene rings is 2. The largest absolute Gasteiger partial charge is 0.484 e. The van der Waals surface area contributed by atoms with E-state index < -0.39 is 29.6 Å². The van der Waals surface area contributed by atoms with Crippen LogP contribution >= 0.6 is 0 Å². The first-order valence-corrected chi connectivity index (χ1v) is 10.6. The molecule has 0 unspecified atom stereocenters. The Hall–Kier alpha value is -4.93. The van der Waals surface area contributed by atoms with Gasteiger partial charge in [0.2, 0.25) is 5.76 Å². The maximum atomic E-state index is 13.2. The van der Waals surface area contributed by atoms with Gasteiger partial charge < -0.3 is 24.5 Å². The third-order valence-electron chi connectivity index (χ3n) is 4.99. The number of anilines is 1. The summed E-state index contributed by atoms with van der Waals surface area (Å²) in [5.74, 6) is -1.56. The van der Waals surface area contributed by atoms with Crippen LogP contribution < -0.4 is 15.4 Å². The van der Waals surface area contributed by atoms with Gasteiger partial charge in [-0.15, -0.1) is 0 Å². The van der Waals surface area contributed by atoms with Gasteiger partial charge in [-0.3, -0.25) is 14.5 Å². The van der Waals surface area contributed by atoms with E-state index in [1.165, 1.54) is 43.5 Å². The molecule has 0 aliphatic carbocycles. The lowest BCUT2D eigenvalue weighted by Crippen LogP contribution is -2.30. The van der Waals surface area contributed by atoms with Gasteiger partial charge >= 0.3 is 12.0 Å². The monoisotopic (exact) mass is 493 g/mol. The van der Waals surface area contributed by atoms with Gasteiger partial charge in [-0.2, -0.15) is 0 Å². The average Bonchev–Trinajstić information content (AvgIpc) is 3.43. The van der Waals surface area contributed by atoms with E-state index in [-0.39, 0.29) is 30.4 Å². The van der Waals surface area contributed by atoms with Crippen molar-refractivity contribution in [1.29, 1.82) is 0 Å². The molecular formula is C25H20FN3O7. The standard InChI is InChI=1S/C25H20FN3O7/c1-34-24(32)21-10-9-19(36-21)13-29-23(31)20(28-25(29)33)11-15-5-7-18(8-6-15)35-14-22(30)27-17-4-2-3-16(26)12-17/h2-12H,13-14H2,1H3,(H,27,30)(H,28,33)/b20-11-. The number of furan rings is 1. The first-order chi connectivity index (χ1) is 17.3. The zero-order valence-corrected chi connectivity index (χ0v) is 18.9. The summed E-state index contributed by atoms with van der Waals surface area (Å²) in [6.45, 7) is -0.450. The molecule has 1 saturated heterocycles. The molecule has 2 aromatic carbocycles. The van der Waals surface area contributed by atoms with Gasteiger partial charge in [0, 0.05) is 5.69 Å². The molecule has 11 heteroatoms. The van der Waals surface area contributed by atoms with Crippen molar-refractivity contribution in [2.45, 2.75) is 6.54 Å². The lowest BCUT2D eigenvalue weighted by molar-refractivity contribution is -0.123. The molecular weight excluding hydrogens is 473 g/mol. The highest BCUT2D eigenvalue weighted by Gasteiger charge is 2.34. The van der Waals surface area contributed by atoms with Crippen LogP contribution in [0.4, 0.5) is 14.9 Å². The summed E-state index contributed by atoms with van der Waals surface area (Å²) in [5, 5.41) is 5.03. The Labute approximate surface area is 204 Å². The van der Waals surface area contributed by atoms with Crippen molar-refractivity contribution in [3.8, 4) is 5.75 Å². The number of halogens is 1. The number of esters is 1. The molecule has 0 saturated carbocycles. The summed E-state index contributed by atoms with van der Waals surface area (Å²) in [7, 11) is 1.21. The van der Waals surface area contributed by atoms with E-state index >= 15 is 0 Å². The molecule has 4 amide bonds. The van der Waals surface area contributed by atoms with Crippen molar-refractivity contribution in [2.24, 2.45) is 0 Å². The molecule has 0 atom stereocenters. The van der Waals surface area contributed by atoms with Crippen molar-refractivity contribution in [2.75, 3.05) is 19.0 Å². The van der Waals surface area contributed by atoms with Gasteiger partial charge in [-0.1, -0.05) is 18.2 Å². The molecule has 3 aromatic rings. The molecule has 184 valence electrons. The average molecular weight is 493 g/mol. The molecule has 2 N–H and O–H groups in total. The minimum Gasteiger partial charge on any atom is -0.484 e. The van der Waals surface area contributed by atoms with E-state index in [0.29, 0.717) is 17.0 Å². The number of hydrogen-bond donors (Lipinski definition) is 2. The number of ether oxygens (including phenoxy) is 2. The summed E-state index contributed by atoms with van der Waals surface area (Å²) in [5.41, 5.74) is 0.977. The zero-order chi connectivity index (χ0) is 25.7. The number of hydrogen-bond acceptors (Lipinski definition) is 7. The van der Waals surface area contributed by atoms with E-state index in [0.717, 1.165) is 4.90 Å². The fraction of sp³-hybridized carbons (Fsp3) is 0.120. The van der Waals surface area contributed by atoms with Crippen LogP contribution in [0, 0.1) is 5.82 Å². The third kappa shape index (κ3) is 5.76. The number of amides is 4. The molecule has 0 bridgehead atoms. The predicted molar refractivity (Wildman–Crippen MR) is 124 cm³/mol. The van der Waals surface area contributed by atoms with Crippen LogP contribution in [0.3, 0.4) is 0 Å². The molecule has 1 fully saturated rings. The summed E-state index contributed by atoms with van der Waals surface area (Å²) in [4.78, 5) is 49.4. The topological polar surface area (TPSA) is 127 Å². The van der Waals surface area contributed by atoms with E-state index in [1.807, 2.05) is 0 Å². The Balaban J connectivity index is 1.33. The van der Waals surface area contributed by atoms with Gasteiger partial charge in [0.25, 0.3) is 11.8 Å². The Kier molecular flexibility index (Phi) is 7.10. The summed E-state index contributed by atoms with van der Waals surface area (Å²) in [6.07, 6.45) is 1.49. The van der Waals surface area contributed by atoms with Crippen LogP contribution in [0.5, 0.6) is 5.75 Å². The fourth-order valence-corrected chi connectivity index (χ4v) is 3.28. The van der Waals surface area contributed by atoms with Crippen LogP contribution in [0.1, 0.15) is 21.9 Å². The molecule has 1 aliphatic heterocycles. The lowest BCUT2D eigenvalue weighted by Gasteiger charge is -2.09. The predicted octanol–water partition coefficient (Wildman–Crippen LogP) is 3.32. The molecule has 0 spiro atoms.